The first-order valence-electron chi connectivity index (χ1n) is 12.4. The third-order valence-electron chi connectivity index (χ3n) is 7.30. The average Bonchev–Trinajstić information content (AvgIpc) is 2.85. The molecule has 2 aromatic rings. The highest BCUT2D eigenvalue weighted by molar-refractivity contribution is 5.95. The van der Waals surface area contributed by atoms with E-state index < -0.39 is 0 Å². The topological polar surface area (TPSA) is 52.7 Å². The van der Waals surface area contributed by atoms with Crippen LogP contribution >= 0.6 is 0 Å². The van der Waals surface area contributed by atoms with E-state index in [9.17, 15) is 9.59 Å². The molecular weight excluding hydrogens is 410 g/mol. The number of hydrogen-bond acceptors (Lipinski definition) is 3. The molecule has 2 aliphatic rings. The number of aryl methyl sites for hydroxylation is 1. The molecule has 2 heterocycles. The van der Waals surface area contributed by atoms with Gasteiger partial charge in [-0.05, 0) is 74.4 Å². The molecule has 4 rings (SSSR count). The maximum absolute atomic E-state index is 12.8. The van der Waals surface area contributed by atoms with E-state index in [1.807, 2.05) is 36.1 Å². The molecule has 2 fully saturated rings. The smallest absolute Gasteiger partial charge is 0.254 e. The molecule has 2 aromatic carbocycles. The quantitative estimate of drug-likeness (QED) is 0.714. The molecule has 0 aromatic heterocycles. The summed E-state index contributed by atoms with van der Waals surface area (Å²) in [4.78, 5) is 29.9. The molecule has 5 nitrogen and oxygen atoms in total. The molecule has 33 heavy (non-hydrogen) atoms. The van der Waals surface area contributed by atoms with Gasteiger partial charge >= 0.3 is 0 Å². The standard InChI is InChI=1S/C28H37N3O2/c1-21-11-15-30(16-12-21)20-24-9-7-23(8-10-24)19-29-27(32)25-13-17-31(18-14-25)28(33)26-6-4-3-5-22(26)2/h3-10,21,25H,11-20H2,1-2H3,(H,29,32). The van der Waals surface area contributed by atoms with Crippen molar-refractivity contribution in [3.63, 3.8) is 0 Å². The largest absolute Gasteiger partial charge is 0.352 e. The van der Waals surface area contributed by atoms with Crippen molar-refractivity contribution >= 4 is 11.8 Å². The summed E-state index contributed by atoms with van der Waals surface area (Å²) in [5.74, 6) is 1.01. The fourth-order valence-electron chi connectivity index (χ4n) is 4.90. The first kappa shape index (κ1) is 23.5. The second-order valence-electron chi connectivity index (χ2n) is 9.87. The van der Waals surface area contributed by atoms with Crippen LogP contribution in [0, 0.1) is 18.8 Å². The van der Waals surface area contributed by atoms with Gasteiger partial charge in [0.05, 0.1) is 0 Å². The lowest BCUT2D eigenvalue weighted by molar-refractivity contribution is -0.126. The fraction of sp³-hybridized carbons (Fsp3) is 0.500. The Hall–Kier alpha value is -2.66. The third-order valence-corrected chi connectivity index (χ3v) is 7.30. The molecule has 5 heteroatoms. The van der Waals surface area contributed by atoms with Crippen LogP contribution in [-0.4, -0.2) is 47.8 Å². The number of hydrogen-bond donors (Lipinski definition) is 1. The van der Waals surface area contributed by atoms with Gasteiger partial charge in [0, 0.05) is 37.7 Å². The fourth-order valence-corrected chi connectivity index (χ4v) is 4.90. The van der Waals surface area contributed by atoms with Crippen LogP contribution in [0.25, 0.3) is 0 Å². The summed E-state index contributed by atoms with van der Waals surface area (Å²) in [5, 5.41) is 3.11. The summed E-state index contributed by atoms with van der Waals surface area (Å²) in [6.45, 7) is 9.53. The number of benzene rings is 2. The third kappa shape index (κ3) is 6.23. The van der Waals surface area contributed by atoms with Crippen molar-refractivity contribution in [1.82, 2.24) is 15.1 Å². The van der Waals surface area contributed by atoms with Gasteiger partial charge in [0.15, 0.2) is 0 Å². The molecule has 2 aliphatic heterocycles. The molecule has 176 valence electrons. The van der Waals surface area contributed by atoms with Crippen LogP contribution in [0.2, 0.25) is 0 Å². The Bertz CT molecular complexity index is 940. The van der Waals surface area contributed by atoms with Gasteiger partial charge in [-0.3, -0.25) is 14.5 Å². The Balaban J connectivity index is 1.20. The van der Waals surface area contributed by atoms with Crippen LogP contribution in [0.5, 0.6) is 0 Å². The van der Waals surface area contributed by atoms with E-state index in [0.29, 0.717) is 19.6 Å². The van der Waals surface area contributed by atoms with Crippen LogP contribution in [0.1, 0.15) is 59.7 Å². The van der Waals surface area contributed by atoms with Crippen molar-refractivity contribution in [2.24, 2.45) is 11.8 Å². The maximum Gasteiger partial charge on any atom is 0.254 e. The van der Waals surface area contributed by atoms with E-state index in [1.54, 1.807) is 0 Å². The van der Waals surface area contributed by atoms with Gasteiger partial charge in [0.1, 0.15) is 0 Å². The predicted octanol–water partition coefficient (Wildman–Crippen LogP) is 4.40. The number of rotatable bonds is 6. The highest BCUT2D eigenvalue weighted by atomic mass is 16.2. The Morgan fingerprint density at radius 3 is 2.18 bits per heavy atom. The van der Waals surface area contributed by atoms with E-state index in [4.69, 9.17) is 0 Å². The van der Waals surface area contributed by atoms with Gasteiger partial charge in [0.25, 0.3) is 5.91 Å². The zero-order valence-electron chi connectivity index (χ0n) is 20.1. The highest BCUT2D eigenvalue weighted by Gasteiger charge is 2.28. The van der Waals surface area contributed by atoms with Crippen molar-refractivity contribution in [3.8, 4) is 0 Å². The lowest BCUT2D eigenvalue weighted by atomic mass is 9.95. The van der Waals surface area contributed by atoms with Crippen LogP contribution in [-0.2, 0) is 17.9 Å². The SMILES string of the molecule is Cc1ccccc1C(=O)N1CCC(C(=O)NCc2ccc(CN3CCC(C)CC3)cc2)CC1. The molecule has 0 radical (unpaired) electrons. The lowest BCUT2D eigenvalue weighted by Crippen LogP contribution is -2.43. The Morgan fingerprint density at radius 2 is 1.52 bits per heavy atom. The molecule has 1 N–H and O–H groups in total. The van der Waals surface area contributed by atoms with Crippen molar-refractivity contribution < 1.29 is 9.59 Å². The molecular formula is C28H37N3O2. The van der Waals surface area contributed by atoms with Crippen LogP contribution < -0.4 is 5.32 Å². The highest BCUT2D eigenvalue weighted by Crippen LogP contribution is 2.21. The number of amides is 2. The minimum Gasteiger partial charge on any atom is -0.352 e. The number of nitrogens with one attached hydrogen (secondary N) is 1. The predicted molar refractivity (Wildman–Crippen MR) is 132 cm³/mol. The Kier molecular flexibility index (Phi) is 7.81. The number of nitrogens with zero attached hydrogens (tertiary/aromatic N) is 2. The van der Waals surface area contributed by atoms with Crippen molar-refractivity contribution in [3.05, 3.63) is 70.8 Å². The average molecular weight is 448 g/mol. The summed E-state index contributed by atoms with van der Waals surface area (Å²) < 4.78 is 0. The minimum atomic E-state index is -0.0216. The minimum absolute atomic E-state index is 0.0216. The number of piperidine rings is 2. The molecule has 2 saturated heterocycles. The van der Waals surface area contributed by atoms with E-state index in [2.05, 4.69) is 41.4 Å². The van der Waals surface area contributed by atoms with Gasteiger partial charge in [-0.15, -0.1) is 0 Å². The number of likely N-dealkylation sites (tertiary alicyclic amines) is 2. The zero-order chi connectivity index (χ0) is 23.2. The van der Waals surface area contributed by atoms with Gasteiger partial charge in [-0.25, -0.2) is 0 Å². The van der Waals surface area contributed by atoms with Gasteiger partial charge < -0.3 is 10.2 Å². The molecule has 0 saturated carbocycles. The molecule has 2 amide bonds. The van der Waals surface area contributed by atoms with E-state index >= 15 is 0 Å². The van der Waals surface area contributed by atoms with Crippen LogP contribution in [0.4, 0.5) is 0 Å². The Morgan fingerprint density at radius 1 is 0.879 bits per heavy atom. The number of carbonyl (C=O) groups excluding carboxylic acids is 2. The maximum atomic E-state index is 12.8. The molecule has 0 unspecified atom stereocenters. The summed E-state index contributed by atoms with van der Waals surface area (Å²) in [6.07, 6.45) is 4.03. The summed E-state index contributed by atoms with van der Waals surface area (Å²) in [5.41, 5.74) is 4.23. The second-order valence-corrected chi connectivity index (χ2v) is 9.87. The summed E-state index contributed by atoms with van der Waals surface area (Å²) >= 11 is 0. The first-order chi connectivity index (χ1) is 16.0. The van der Waals surface area contributed by atoms with Crippen molar-refractivity contribution in [2.45, 2.75) is 52.6 Å². The summed E-state index contributed by atoms with van der Waals surface area (Å²) in [6, 6.07) is 16.3. The zero-order valence-corrected chi connectivity index (χ0v) is 20.1. The second kappa shape index (κ2) is 11.0. The van der Waals surface area contributed by atoms with Crippen molar-refractivity contribution in [1.29, 1.82) is 0 Å². The normalized spacial score (nSPS) is 18.3. The number of carbonyl (C=O) groups is 2. The lowest BCUT2D eigenvalue weighted by Gasteiger charge is -2.31. The van der Waals surface area contributed by atoms with Crippen LogP contribution in [0.3, 0.4) is 0 Å². The Labute approximate surface area is 198 Å². The van der Waals surface area contributed by atoms with Crippen molar-refractivity contribution in [2.75, 3.05) is 26.2 Å². The molecule has 0 bridgehead atoms. The van der Waals surface area contributed by atoms with Gasteiger partial charge in [-0.2, -0.15) is 0 Å². The van der Waals surface area contributed by atoms with E-state index in [0.717, 1.165) is 42.0 Å². The molecule has 0 spiro atoms. The molecule has 0 atom stereocenters. The van der Waals surface area contributed by atoms with Gasteiger partial charge in [-0.1, -0.05) is 49.4 Å². The van der Waals surface area contributed by atoms with Gasteiger partial charge in [0.2, 0.25) is 5.91 Å². The van der Waals surface area contributed by atoms with E-state index in [-0.39, 0.29) is 17.7 Å². The first-order valence-corrected chi connectivity index (χ1v) is 12.4. The van der Waals surface area contributed by atoms with Crippen LogP contribution in [0.15, 0.2) is 48.5 Å². The summed E-state index contributed by atoms with van der Waals surface area (Å²) in [7, 11) is 0. The monoisotopic (exact) mass is 447 g/mol. The molecule has 0 aliphatic carbocycles. The van der Waals surface area contributed by atoms with E-state index in [1.165, 1.54) is 31.5 Å².